The van der Waals surface area contributed by atoms with Crippen LogP contribution < -0.4 is 14.4 Å². The van der Waals surface area contributed by atoms with Crippen LogP contribution in [0.1, 0.15) is 5.56 Å². The molecule has 0 unspecified atom stereocenters. The van der Waals surface area contributed by atoms with Crippen molar-refractivity contribution >= 4 is 46.3 Å². The fourth-order valence-corrected chi connectivity index (χ4v) is 3.43. The quantitative estimate of drug-likeness (QED) is 0.731. The molecule has 0 bridgehead atoms. The van der Waals surface area contributed by atoms with E-state index in [1.807, 2.05) is 6.07 Å². The molecule has 25 heavy (non-hydrogen) atoms. The number of amides is 2. The molecule has 0 aromatic heterocycles. The molecule has 1 saturated heterocycles. The predicted molar refractivity (Wildman–Crippen MR) is 99.4 cm³/mol. The lowest BCUT2D eigenvalue weighted by atomic mass is 10.1. The van der Waals surface area contributed by atoms with E-state index in [1.54, 1.807) is 42.5 Å². The molecule has 2 amide bonds. The zero-order valence-corrected chi connectivity index (χ0v) is 15.1. The van der Waals surface area contributed by atoms with Crippen molar-refractivity contribution in [3.8, 4) is 11.5 Å². The van der Waals surface area contributed by atoms with E-state index in [0.29, 0.717) is 32.7 Å². The van der Waals surface area contributed by atoms with Gasteiger partial charge in [0.1, 0.15) is 0 Å². The van der Waals surface area contributed by atoms with Crippen molar-refractivity contribution in [2.24, 2.45) is 0 Å². The van der Waals surface area contributed by atoms with Gasteiger partial charge in [-0.15, -0.1) is 0 Å². The molecule has 1 heterocycles. The average Bonchev–Trinajstić information content (AvgIpc) is 2.90. The molecule has 0 aliphatic carbocycles. The molecule has 1 aliphatic heterocycles. The Bertz CT molecular complexity index is 867. The van der Waals surface area contributed by atoms with Gasteiger partial charge in [-0.3, -0.25) is 9.59 Å². The van der Waals surface area contributed by atoms with Crippen LogP contribution in [0.15, 0.2) is 47.4 Å². The monoisotopic (exact) mass is 375 g/mol. The molecule has 2 aromatic rings. The summed E-state index contributed by atoms with van der Waals surface area (Å²) in [6.07, 6.45) is 1.58. The van der Waals surface area contributed by atoms with Crippen molar-refractivity contribution in [2.45, 2.75) is 0 Å². The molecule has 3 rings (SSSR count). The maximum absolute atomic E-state index is 12.6. The summed E-state index contributed by atoms with van der Waals surface area (Å²) in [5, 5.41) is 0.0446. The molecule has 0 atom stereocenters. The minimum atomic E-state index is -0.382. The Kier molecular flexibility index (Phi) is 5.01. The van der Waals surface area contributed by atoms with E-state index in [0.717, 1.165) is 16.7 Å². The molecule has 128 valence electrons. The third-order valence-corrected chi connectivity index (χ3v) is 4.79. The van der Waals surface area contributed by atoms with Crippen LogP contribution in [0, 0.1) is 0 Å². The molecule has 0 saturated carbocycles. The van der Waals surface area contributed by atoms with E-state index in [-0.39, 0.29) is 11.1 Å². The second kappa shape index (κ2) is 7.21. The molecule has 0 N–H and O–H groups in total. The zero-order valence-electron chi connectivity index (χ0n) is 13.5. The third kappa shape index (κ3) is 3.36. The lowest BCUT2D eigenvalue weighted by Gasteiger charge is -2.12. The van der Waals surface area contributed by atoms with Crippen LogP contribution in [-0.2, 0) is 4.79 Å². The Morgan fingerprint density at radius 1 is 1.04 bits per heavy atom. The molecule has 1 fully saturated rings. The number of rotatable bonds is 4. The highest BCUT2D eigenvalue weighted by atomic mass is 35.5. The minimum Gasteiger partial charge on any atom is -0.493 e. The van der Waals surface area contributed by atoms with Crippen LogP contribution in [0.4, 0.5) is 10.5 Å². The van der Waals surface area contributed by atoms with Crippen molar-refractivity contribution in [1.82, 2.24) is 0 Å². The predicted octanol–water partition coefficient (Wildman–Crippen LogP) is 4.60. The van der Waals surface area contributed by atoms with E-state index in [1.165, 1.54) is 14.2 Å². The first-order valence-electron chi connectivity index (χ1n) is 7.29. The maximum Gasteiger partial charge on any atom is 0.298 e. The summed E-state index contributed by atoms with van der Waals surface area (Å²) < 4.78 is 10.4. The van der Waals surface area contributed by atoms with Gasteiger partial charge in [0.2, 0.25) is 0 Å². The number of hydrogen-bond acceptors (Lipinski definition) is 5. The number of halogens is 1. The molecule has 0 radical (unpaired) electrons. The summed E-state index contributed by atoms with van der Waals surface area (Å²) in [6, 6.07) is 12.1. The van der Waals surface area contributed by atoms with Crippen LogP contribution in [0.25, 0.3) is 6.08 Å². The van der Waals surface area contributed by atoms with E-state index in [2.05, 4.69) is 0 Å². The highest BCUT2D eigenvalue weighted by molar-refractivity contribution is 8.19. The minimum absolute atomic E-state index is 0.294. The number of ether oxygens (including phenoxy) is 2. The number of hydrogen-bond donors (Lipinski definition) is 0. The normalized spacial score (nSPS) is 15.8. The molecule has 7 heteroatoms. The SMILES string of the molecule is COc1cc(Cl)c(/C=C2/SC(=O)N(c3ccccc3)C2=O)cc1OC. The topological polar surface area (TPSA) is 55.8 Å². The number of carbonyl (C=O) groups is 2. The fourth-order valence-electron chi connectivity index (χ4n) is 2.39. The number of imide groups is 1. The van der Waals surface area contributed by atoms with Crippen molar-refractivity contribution in [3.05, 3.63) is 58.0 Å². The first-order valence-corrected chi connectivity index (χ1v) is 8.49. The molecule has 2 aromatic carbocycles. The van der Waals surface area contributed by atoms with Gasteiger partial charge in [0.05, 0.1) is 29.8 Å². The fraction of sp³-hybridized carbons (Fsp3) is 0.111. The highest BCUT2D eigenvalue weighted by Crippen LogP contribution is 2.39. The molecule has 1 aliphatic rings. The van der Waals surface area contributed by atoms with Crippen LogP contribution in [0.3, 0.4) is 0 Å². The summed E-state index contributed by atoms with van der Waals surface area (Å²) >= 11 is 7.13. The van der Waals surface area contributed by atoms with Gasteiger partial charge < -0.3 is 9.47 Å². The largest absolute Gasteiger partial charge is 0.493 e. The number of carbonyl (C=O) groups excluding carboxylic acids is 2. The Morgan fingerprint density at radius 3 is 2.32 bits per heavy atom. The smallest absolute Gasteiger partial charge is 0.298 e. The number of anilines is 1. The number of para-hydroxylation sites is 1. The van der Waals surface area contributed by atoms with E-state index in [9.17, 15) is 9.59 Å². The van der Waals surface area contributed by atoms with E-state index < -0.39 is 0 Å². The van der Waals surface area contributed by atoms with Crippen LogP contribution in [0.2, 0.25) is 5.02 Å². The van der Waals surface area contributed by atoms with Gasteiger partial charge in [-0.2, -0.15) is 0 Å². The van der Waals surface area contributed by atoms with Gasteiger partial charge >= 0.3 is 0 Å². The highest BCUT2D eigenvalue weighted by Gasteiger charge is 2.36. The zero-order chi connectivity index (χ0) is 18.0. The summed E-state index contributed by atoms with van der Waals surface area (Å²) in [7, 11) is 3.03. The van der Waals surface area contributed by atoms with Gasteiger partial charge in [-0.1, -0.05) is 29.8 Å². The van der Waals surface area contributed by atoms with Gasteiger partial charge in [-0.05, 0) is 41.6 Å². The van der Waals surface area contributed by atoms with Crippen molar-refractivity contribution in [2.75, 3.05) is 19.1 Å². The van der Waals surface area contributed by atoms with Gasteiger partial charge in [0.25, 0.3) is 11.1 Å². The Balaban J connectivity index is 1.98. The van der Waals surface area contributed by atoms with E-state index in [4.69, 9.17) is 21.1 Å². The Hall–Kier alpha value is -2.44. The molecule has 5 nitrogen and oxygen atoms in total. The van der Waals surface area contributed by atoms with Gasteiger partial charge in [0, 0.05) is 6.07 Å². The average molecular weight is 376 g/mol. The number of benzene rings is 2. The molecular formula is C18H14ClNO4S. The second-order valence-electron chi connectivity index (χ2n) is 5.08. The first-order chi connectivity index (χ1) is 12.0. The first kappa shape index (κ1) is 17.4. The van der Waals surface area contributed by atoms with Crippen LogP contribution in [0.5, 0.6) is 11.5 Å². The van der Waals surface area contributed by atoms with Gasteiger partial charge in [0.15, 0.2) is 11.5 Å². The van der Waals surface area contributed by atoms with Crippen LogP contribution in [-0.4, -0.2) is 25.4 Å². The second-order valence-corrected chi connectivity index (χ2v) is 6.48. The summed E-state index contributed by atoms with van der Waals surface area (Å²) in [6.45, 7) is 0. The van der Waals surface area contributed by atoms with E-state index >= 15 is 0 Å². The number of thioether (sulfide) groups is 1. The molecular weight excluding hydrogens is 362 g/mol. The summed E-state index contributed by atoms with van der Waals surface area (Å²) in [5.74, 6) is 0.592. The molecule has 0 spiro atoms. The lowest BCUT2D eigenvalue weighted by molar-refractivity contribution is -0.113. The van der Waals surface area contributed by atoms with Crippen molar-refractivity contribution in [3.63, 3.8) is 0 Å². The van der Waals surface area contributed by atoms with Crippen molar-refractivity contribution < 1.29 is 19.1 Å². The summed E-state index contributed by atoms with van der Waals surface area (Å²) in [4.78, 5) is 26.3. The van der Waals surface area contributed by atoms with Gasteiger partial charge in [-0.25, -0.2) is 4.90 Å². The number of nitrogens with zero attached hydrogens (tertiary/aromatic N) is 1. The van der Waals surface area contributed by atoms with Crippen molar-refractivity contribution in [1.29, 1.82) is 0 Å². The maximum atomic E-state index is 12.6. The summed E-state index contributed by atoms with van der Waals surface area (Å²) in [5.41, 5.74) is 1.10. The van der Waals surface area contributed by atoms with Crippen LogP contribution >= 0.6 is 23.4 Å². The number of methoxy groups -OCH3 is 2. The third-order valence-electron chi connectivity index (χ3n) is 3.60. The Morgan fingerprint density at radius 2 is 1.68 bits per heavy atom. The lowest BCUT2D eigenvalue weighted by Crippen LogP contribution is -2.27. The standard InChI is InChI=1S/C18H14ClNO4S/c1-23-14-8-11(13(19)10-15(14)24-2)9-16-17(21)20(18(22)25-16)12-6-4-3-5-7-12/h3-10H,1-2H3/b16-9+. The Labute approximate surface area is 154 Å².